The zero-order valence-electron chi connectivity index (χ0n) is 14.9. The highest BCUT2D eigenvalue weighted by atomic mass is 16.1. The second-order valence-corrected chi connectivity index (χ2v) is 6.25. The Balaban J connectivity index is 1.76. The predicted molar refractivity (Wildman–Crippen MR) is 95.5 cm³/mol. The van der Waals surface area contributed by atoms with Crippen molar-refractivity contribution < 1.29 is 14.4 Å². The molecule has 0 aliphatic rings. The Hall–Kier alpha value is -3.22. The van der Waals surface area contributed by atoms with Gasteiger partial charge in [0.05, 0.1) is 24.2 Å². The molecule has 0 unspecified atom stereocenters. The van der Waals surface area contributed by atoms with Crippen molar-refractivity contribution >= 4 is 17.3 Å². The molecule has 3 rings (SSSR count). The molecular weight excluding hydrogens is 332 g/mol. The minimum Gasteiger partial charge on any atom is -0.359 e. The fourth-order valence-electron chi connectivity index (χ4n) is 2.87. The minimum atomic E-state index is -0.136. The highest BCUT2D eigenvalue weighted by Gasteiger charge is 2.18. The van der Waals surface area contributed by atoms with Gasteiger partial charge in [-0.15, -0.1) is 0 Å². The number of Topliss-reactive ketones (excluding diaryl/α,β-unsaturated/α-hetero) is 3. The molecule has 0 amide bonds. The monoisotopic (exact) mass is 352 g/mol. The van der Waals surface area contributed by atoms with E-state index in [0.717, 1.165) is 5.69 Å². The van der Waals surface area contributed by atoms with E-state index in [2.05, 4.69) is 10.1 Å². The van der Waals surface area contributed by atoms with Crippen LogP contribution in [0.3, 0.4) is 0 Å². The summed E-state index contributed by atoms with van der Waals surface area (Å²) in [5, 5.41) is 4.11. The first-order valence-electron chi connectivity index (χ1n) is 8.25. The largest absolute Gasteiger partial charge is 0.359 e. The van der Waals surface area contributed by atoms with Crippen molar-refractivity contribution in [1.82, 2.24) is 19.3 Å². The van der Waals surface area contributed by atoms with Crippen LogP contribution in [0.25, 0.3) is 0 Å². The Labute approximate surface area is 150 Å². The summed E-state index contributed by atoms with van der Waals surface area (Å²) < 4.78 is 3.29. The van der Waals surface area contributed by atoms with Gasteiger partial charge in [0.25, 0.3) is 0 Å². The third-order valence-corrected chi connectivity index (χ3v) is 4.43. The van der Waals surface area contributed by atoms with Crippen LogP contribution in [0, 0.1) is 0 Å². The molecule has 134 valence electrons. The van der Waals surface area contributed by atoms with Crippen LogP contribution in [0.2, 0.25) is 0 Å². The van der Waals surface area contributed by atoms with Crippen LogP contribution < -0.4 is 0 Å². The Morgan fingerprint density at radius 3 is 2.38 bits per heavy atom. The molecule has 3 aromatic rings. The number of aromatic amines is 1. The number of hydrogen-bond donors (Lipinski definition) is 1. The lowest BCUT2D eigenvalue weighted by molar-refractivity contribution is 0.0970. The molecule has 0 atom stereocenters. The van der Waals surface area contributed by atoms with Gasteiger partial charge in [0.2, 0.25) is 0 Å². The Morgan fingerprint density at radius 2 is 1.77 bits per heavy atom. The average molecular weight is 352 g/mol. The Morgan fingerprint density at radius 1 is 1.04 bits per heavy atom. The topological polar surface area (TPSA) is 89.8 Å². The van der Waals surface area contributed by atoms with Gasteiger partial charge in [0.15, 0.2) is 17.3 Å². The molecule has 7 nitrogen and oxygen atoms in total. The maximum absolute atomic E-state index is 12.7. The molecule has 0 radical (unpaired) electrons. The predicted octanol–water partition coefficient (Wildman–Crippen LogP) is 2.14. The number of hydrogen-bond acceptors (Lipinski definition) is 4. The minimum absolute atomic E-state index is 0.0343. The van der Waals surface area contributed by atoms with Crippen molar-refractivity contribution in [2.24, 2.45) is 14.1 Å². The van der Waals surface area contributed by atoms with Gasteiger partial charge in [-0.3, -0.25) is 19.1 Å². The first kappa shape index (κ1) is 17.6. The molecule has 0 aromatic carbocycles. The van der Waals surface area contributed by atoms with Crippen LogP contribution in [-0.2, 0) is 26.9 Å². The van der Waals surface area contributed by atoms with Crippen LogP contribution in [0.5, 0.6) is 0 Å². The molecule has 0 saturated carbocycles. The number of aryl methyl sites for hydroxylation is 1. The van der Waals surface area contributed by atoms with Crippen LogP contribution in [-0.4, -0.2) is 36.7 Å². The average Bonchev–Trinajstić information content (AvgIpc) is 3.30. The van der Waals surface area contributed by atoms with Crippen molar-refractivity contribution in [3.8, 4) is 0 Å². The maximum atomic E-state index is 12.7. The molecule has 0 fully saturated rings. The molecule has 0 saturated heterocycles. The van der Waals surface area contributed by atoms with Crippen molar-refractivity contribution in [3.63, 3.8) is 0 Å². The van der Waals surface area contributed by atoms with E-state index >= 15 is 0 Å². The van der Waals surface area contributed by atoms with E-state index < -0.39 is 0 Å². The molecule has 0 aliphatic carbocycles. The van der Waals surface area contributed by atoms with Crippen LogP contribution in [0.1, 0.15) is 49.8 Å². The van der Waals surface area contributed by atoms with Gasteiger partial charge in [-0.25, -0.2) is 0 Å². The zero-order chi connectivity index (χ0) is 18.8. The van der Waals surface area contributed by atoms with E-state index in [1.165, 1.54) is 6.92 Å². The SMILES string of the molecule is CC(=O)c1cc(CC(=O)c2ccc(CC(=O)c3ccc[nH]3)n2C)n(C)n1. The van der Waals surface area contributed by atoms with Crippen LogP contribution in [0.4, 0.5) is 0 Å². The maximum Gasteiger partial charge on any atom is 0.185 e. The molecule has 3 heterocycles. The molecule has 0 bridgehead atoms. The molecule has 26 heavy (non-hydrogen) atoms. The smallest absolute Gasteiger partial charge is 0.185 e. The normalized spacial score (nSPS) is 10.9. The van der Waals surface area contributed by atoms with Crippen LogP contribution in [0.15, 0.2) is 36.5 Å². The third-order valence-electron chi connectivity index (χ3n) is 4.43. The summed E-state index contributed by atoms with van der Waals surface area (Å²) in [6, 6.07) is 8.65. The van der Waals surface area contributed by atoms with Crippen LogP contribution >= 0.6 is 0 Å². The number of nitrogens with zero attached hydrogens (tertiary/aromatic N) is 3. The summed E-state index contributed by atoms with van der Waals surface area (Å²) in [4.78, 5) is 39.2. The lowest BCUT2D eigenvalue weighted by Gasteiger charge is -2.07. The van der Waals surface area contributed by atoms with Gasteiger partial charge in [0.1, 0.15) is 5.69 Å². The fourth-order valence-corrected chi connectivity index (χ4v) is 2.87. The quantitative estimate of drug-likeness (QED) is 0.660. The number of carbonyl (C=O) groups is 3. The lowest BCUT2D eigenvalue weighted by Crippen LogP contribution is -2.14. The van der Waals surface area contributed by atoms with Gasteiger partial charge in [-0.05, 0) is 30.3 Å². The highest BCUT2D eigenvalue weighted by Crippen LogP contribution is 2.14. The molecule has 3 aromatic heterocycles. The van der Waals surface area contributed by atoms with Gasteiger partial charge in [-0.2, -0.15) is 5.10 Å². The summed E-state index contributed by atoms with van der Waals surface area (Å²) in [7, 11) is 3.48. The number of carbonyl (C=O) groups excluding carboxylic acids is 3. The molecule has 7 heteroatoms. The number of rotatable bonds is 7. The van der Waals surface area contributed by atoms with Gasteiger partial charge in [-0.1, -0.05) is 0 Å². The summed E-state index contributed by atoms with van der Waals surface area (Å²) in [6.07, 6.45) is 2.06. The van der Waals surface area contributed by atoms with E-state index in [4.69, 9.17) is 0 Å². The number of nitrogens with one attached hydrogen (secondary N) is 1. The number of ketones is 3. The molecular formula is C19H20N4O3. The van der Waals surface area contributed by atoms with Gasteiger partial charge >= 0.3 is 0 Å². The van der Waals surface area contributed by atoms with Gasteiger partial charge < -0.3 is 9.55 Å². The summed E-state index contributed by atoms with van der Waals surface area (Å²) in [5.74, 6) is -0.264. The third kappa shape index (κ3) is 3.42. The lowest BCUT2D eigenvalue weighted by atomic mass is 10.1. The fraction of sp³-hybridized carbons (Fsp3) is 0.263. The summed E-state index contributed by atoms with van der Waals surface area (Å²) in [5.41, 5.74) is 2.85. The summed E-state index contributed by atoms with van der Waals surface area (Å²) >= 11 is 0. The van der Waals surface area contributed by atoms with E-state index in [9.17, 15) is 14.4 Å². The Kier molecular flexibility index (Phi) is 4.71. The van der Waals surface area contributed by atoms with Crippen molar-refractivity contribution in [2.75, 3.05) is 0 Å². The van der Waals surface area contributed by atoms with Crippen molar-refractivity contribution in [3.05, 3.63) is 65.0 Å². The first-order valence-corrected chi connectivity index (χ1v) is 8.25. The summed E-state index contributed by atoms with van der Waals surface area (Å²) in [6.45, 7) is 1.44. The zero-order valence-corrected chi connectivity index (χ0v) is 14.9. The first-order chi connectivity index (χ1) is 12.4. The molecule has 1 N–H and O–H groups in total. The highest BCUT2D eigenvalue weighted by molar-refractivity contribution is 5.98. The Bertz CT molecular complexity index is 977. The molecule has 0 spiro atoms. The van der Waals surface area contributed by atoms with Gasteiger partial charge in [0, 0.05) is 38.6 Å². The standard InChI is InChI=1S/C19H20N4O3/c1-12(24)16-9-14(23(3)21-16)11-19(26)17-7-6-13(22(17)2)10-18(25)15-5-4-8-20-15/h4-9,20H,10-11H2,1-3H3. The van der Waals surface area contributed by atoms with E-state index in [0.29, 0.717) is 22.8 Å². The van der Waals surface area contributed by atoms with E-state index in [1.54, 1.807) is 59.9 Å². The number of H-pyrrole nitrogens is 1. The van der Waals surface area contributed by atoms with Crippen molar-refractivity contribution in [1.29, 1.82) is 0 Å². The van der Waals surface area contributed by atoms with E-state index in [-0.39, 0.29) is 30.2 Å². The molecule has 0 aliphatic heterocycles. The second kappa shape index (κ2) is 6.95. The number of aromatic nitrogens is 4. The van der Waals surface area contributed by atoms with E-state index in [1.807, 2.05) is 0 Å². The second-order valence-electron chi connectivity index (χ2n) is 6.25. The van der Waals surface area contributed by atoms with Crippen molar-refractivity contribution in [2.45, 2.75) is 19.8 Å².